The Hall–Kier alpha value is -3.81. The first-order valence-corrected chi connectivity index (χ1v) is 13.0. The maximum absolute atomic E-state index is 14.2. The molecule has 37 heavy (non-hydrogen) atoms. The van der Waals surface area contributed by atoms with Crippen molar-refractivity contribution in [3.8, 4) is 23.0 Å². The van der Waals surface area contributed by atoms with Gasteiger partial charge in [-0.15, -0.1) is 0 Å². The summed E-state index contributed by atoms with van der Waals surface area (Å²) in [7, 11) is -2.82. The molecule has 4 aromatic rings. The van der Waals surface area contributed by atoms with Crippen molar-refractivity contribution in [2.45, 2.75) is 17.9 Å². The fourth-order valence-corrected chi connectivity index (χ4v) is 5.03. The maximum atomic E-state index is 14.2. The summed E-state index contributed by atoms with van der Waals surface area (Å²) in [4.78, 5) is 8.61. The number of halogens is 1. The van der Waals surface area contributed by atoms with Gasteiger partial charge in [-0.3, -0.25) is 9.82 Å². The summed E-state index contributed by atoms with van der Waals surface area (Å²) in [6.07, 6.45) is -0.101. The number of sulfonamides is 1. The van der Waals surface area contributed by atoms with Gasteiger partial charge >= 0.3 is 0 Å². The van der Waals surface area contributed by atoms with Crippen molar-refractivity contribution in [2.24, 2.45) is 0 Å². The number of anilines is 1. The van der Waals surface area contributed by atoms with Crippen LogP contribution in [0.15, 0.2) is 47.4 Å². The lowest BCUT2D eigenvalue weighted by atomic mass is 10.2. The molecular formula is C24H25FN6O5S. The van der Waals surface area contributed by atoms with Crippen LogP contribution in [0.25, 0.3) is 22.4 Å². The van der Waals surface area contributed by atoms with E-state index >= 15 is 0 Å². The molecule has 1 atom stereocenters. The lowest BCUT2D eigenvalue weighted by molar-refractivity contribution is -0.000388. The van der Waals surface area contributed by atoms with Gasteiger partial charge in [0.1, 0.15) is 34.6 Å². The number of aromatic amines is 1. The molecule has 1 unspecified atom stereocenters. The number of methoxy groups -OCH3 is 1. The number of rotatable bonds is 8. The van der Waals surface area contributed by atoms with Crippen LogP contribution in [0.5, 0.6) is 11.6 Å². The molecule has 1 aliphatic rings. The molecule has 1 saturated heterocycles. The average Bonchev–Trinajstić information content (AvgIpc) is 3.29. The van der Waals surface area contributed by atoms with Crippen molar-refractivity contribution in [1.82, 2.24) is 25.5 Å². The first-order chi connectivity index (χ1) is 17.8. The van der Waals surface area contributed by atoms with E-state index in [4.69, 9.17) is 14.2 Å². The zero-order valence-electron chi connectivity index (χ0n) is 20.1. The highest BCUT2D eigenvalue weighted by Crippen LogP contribution is 2.29. The first kappa shape index (κ1) is 24.9. The third-order valence-electron chi connectivity index (χ3n) is 5.79. The molecule has 0 saturated carbocycles. The van der Waals surface area contributed by atoms with Crippen LogP contribution in [0.4, 0.5) is 10.1 Å². The van der Waals surface area contributed by atoms with Crippen LogP contribution in [-0.2, 0) is 14.8 Å². The highest BCUT2D eigenvalue weighted by atomic mass is 32.2. The second kappa shape index (κ2) is 10.3. The zero-order valence-corrected chi connectivity index (χ0v) is 20.9. The summed E-state index contributed by atoms with van der Waals surface area (Å²) in [5, 5.41) is 11.1. The maximum Gasteiger partial charge on any atom is 0.264 e. The van der Waals surface area contributed by atoms with E-state index in [2.05, 4.69) is 30.2 Å². The fraction of sp³-hybridized carbons (Fsp3) is 0.292. The molecule has 1 aliphatic heterocycles. The largest absolute Gasteiger partial charge is 0.497 e. The van der Waals surface area contributed by atoms with Crippen molar-refractivity contribution < 1.29 is 27.0 Å². The van der Waals surface area contributed by atoms with Crippen LogP contribution in [0.1, 0.15) is 5.69 Å². The van der Waals surface area contributed by atoms with Crippen LogP contribution in [0, 0.1) is 12.7 Å². The molecule has 3 heterocycles. The van der Waals surface area contributed by atoms with Gasteiger partial charge in [0, 0.05) is 36.1 Å². The Morgan fingerprint density at radius 3 is 2.73 bits per heavy atom. The lowest BCUT2D eigenvalue weighted by Gasteiger charge is -2.23. The molecule has 11 nitrogen and oxygen atoms in total. The summed E-state index contributed by atoms with van der Waals surface area (Å²) in [5.74, 6) is 0.0640. The highest BCUT2D eigenvalue weighted by molar-refractivity contribution is 7.92. The molecular weight excluding hydrogens is 503 g/mol. The molecule has 5 rings (SSSR count). The summed E-state index contributed by atoms with van der Waals surface area (Å²) in [6, 6.07) is 9.88. The van der Waals surface area contributed by atoms with Crippen molar-refractivity contribution >= 4 is 26.7 Å². The second-order valence-electron chi connectivity index (χ2n) is 8.39. The number of H-pyrrole nitrogens is 1. The van der Waals surface area contributed by atoms with Crippen molar-refractivity contribution in [3.63, 3.8) is 0 Å². The lowest BCUT2D eigenvalue weighted by Crippen LogP contribution is -2.41. The van der Waals surface area contributed by atoms with Crippen LogP contribution >= 0.6 is 0 Å². The van der Waals surface area contributed by atoms with Crippen LogP contribution in [0.2, 0.25) is 0 Å². The number of hydrogen-bond acceptors (Lipinski definition) is 9. The summed E-state index contributed by atoms with van der Waals surface area (Å²) >= 11 is 0. The van der Waals surface area contributed by atoms with Crippen LogP contribution in [0.3, 0.4) is 0 Å². The van der Waals surface area contributed by atoms with Gasteiger partial charge in [-0.2, -0.15) is 10.1 Å². The van der Waals surface area contributed by atoms with E-state index in [1.807, 2.05) is 6.92 Å². The standard InChI is InChI=1S/C24H25FN6O5S/c1-14-21-23(30-29-14)27-22(28-24(21)36-13-18-12-26-9-10-35-18)15-3-5-16(6-4-15)31-37(32,33)20-11-17(34-2)7-8-19(20)25/h3-8,11,18,26,31H,9-10,12-13H2,1-2H3,(H,27,28,29,30). The summed E-state index contributed by atoms with van der Waals surface area (Å²) in [5.41, 5.74) is 2.06. The van der Waals surface area contributed by atoms with Crippen LogP contribution < -0.4 is 19.5 Å². The van der Waals surface area contributed by atoms with Gasteiger partial charge in [0.25, 0.3) is 10.0 Å². The number of nitrogens with one attached hydrogen (secondary N) is 3. The SMILES string of the molecule is COc1ccc(F)c(S(=O)(=O)Nc2ccc(-c3nc(OCC4CNCCO4)c4c(C)[nH]nc4n3)cc2)c1. The molecule has 194 valence electrons. The van der Waals surface area contributed by atoms with Crippen molar-refractivity contribution in [3.05, 3.63) is 54.0 Å². The van der Waals surface area contributed by atoms with E-state index in [9.17, 15) is 12.8 Å². The van der Waals surface area contributed by atoms with E-state index in [1.54, 1.807) is 12.1 Å². The van der Waals surface area contributed by atoms with Gasteiger partial charge < -0.3 is 19.5 Å². The number of morpholine rings is 1. The number of aromatic nitrogens is 4. The number of benzene rings is 2. The third kappa shape index (κ3) is 5.33. The third-order valence-corrected chi connectivity index (χ3v) is 7.19. The van der Waals surface area contributed by atoms with E-state index < -0.39 is 20.7 Å². The molecule has 2 aromatic carbocycles. The number of aryl methyl sites for hydroxylation is 1. The number of ether oxygens (including phenoxy) is 3. The number of fused-ring (bicyclic) bond motifs is 1. The fourth-order valence-electron chi connectivity index (χ4n) is 3.88. The van der Waals surface area contributed by atoms with Crippen molar-refractivity contribution in [1.29, 1.82) is 0 Å². The van der Waals surface area contributed by atoms with Crippen molar-refractivity contribution in [2.75, 3.05) is 38.1 Å². The van der Waals surface area contributed by atoms with E-state index in [1.165, 1.54) is 25.3 Å². The van der Waals surface area contributed by atoms with Gasteiger partial charge in [0.05, 0.1) is 13.7 Å². The molecule has 13 heteroatoms. The smallest absolute Gasteiger partial charge is 0.264 e. The number of nitrogens with zero attached hydrogens (tertiary/aromatic N) is 3. The Bertz CT molecular complexity index is 1520. The summed E-state index contributed by atoms with van der Waals surface area (Å²) in [6.45, 7) is 4.27. The van der Waals surface area contributed by atoms with E-state index in [-0.39, 0.29) is 17.5 Å². The Morgan fingerprint density at radius 1 is 1.19 bits per heavy atom. The van der Waals surface area contributed by atoms with E-state index in [0.717, 1.165) is 24.4 Å². The normalized spacial score (nSPS) is 16.0. The van der Waals surface area contributed by atoms with Gasteiger partial charge in [-0.25, -0.2) is 17.8 Å². The minimum atomic E-state index is -4.19. The Labute approximate surface area is 212 Å². The predicted octanol–water partition coefficient (Wildman–Crippen LogP) is 2.64. The predicted molar refractivity (Wildman–Crippen MR) is 134 cm³/mol. The molecule has 0 amide bonds. The molecule has 0 radical (unpaired) electrons. The average molecular weight is 529 g/mol. The minimum absolute atomic E-state index is 0.101. The monoisotopic (exact) mass is 528 g/mol. The first-order valence-electron chi connectivity index (χ1n) is 11.5. The van der Waals surface area contributed by atoms with Gasteiger partial charge in [0.2, 0.25) is 5.88 Å². The Morgan fingerprint density at radius 2 is 2.00 bits per heavy atom. The Kier molecular flexibility index (Phi) is 6.91. The second-order valence-corrected chi connectivity index (χ2v) is 10.0. The quantitative estimate of drug-likeness (QED) is 0.315. The highest BCUT2D eigenvalue weighted by Gasteiger charge is 2.21. The molecule has 1 fully saturated rings. The molecule has 0 spiro atoms. The number of hydrogen-bond donors (Lipinski definition) is 3. The summed E-state index contributed by atoms with van der Waals surface area (Å²) < 4.78 is 58.9. The molecule has 0 aliphatic carbocycles. The van der Waals surface area contributed by atoms with Gasteiger partial charge in [-0.1, -0.05) is 0 Å². The van der Waals surface area contributed by atoms with Crippen LogP contribution in [-0.4, -0.2) is 68.1 Å². The van der Waals surface area contributed by atoms with Gasteiger partial charge in [0.15, 0.2) is 11.5 Å². The van der Waals surface area contributed by atoms with Gasteiger partial charge in [-0.05, 0) is 43.3 Å². The molecule has 3 N–H and O–H groups in total. The van der Waals surface area contributed by atoms with E-state index in [0.29, 0.717) is 48.1 Å². The topological polar surface area (TPSA) is 140 Å². The zero-order chi connectivity index (χ0) is 26.0. The molecule has 0 bridgehead atoms. The minimum Gasteiger partial charge on any atom is -0.497 e. The Balaban J connectivity index is 1.39. The molecule has 2 aromatic heterocycles.